The number of carbonyl (C=O) groups is 1. The van der Waals surface area contributed by atoms with Crippen LogP contribution in [0.25, 0.3) is 0 Å². The highest BCUT2D eigenvalue weighted by molar-refractivity contribution is 5.74. The van der Waals surface area contributed by atoms with Crippen molar-refractivity contribution in [3.63, 3.8) is 0 Å². The quantitative estimate of drug-likeness (QED) is 0.819. The average Bonchev–Trinajstić information content (AvgIpc) is 2.42. The van der Waals surface area contributed by atoms with E-state index < -0.39 is 12.0 Å². The molecule has 1 unspecified atom stereocenters. The summed E-state index contributed by atoms with van der Waals surface area (Å²) in [6.07, 6.45) is 0. The summed E-state index contributed by atoms with van der Waals surface area (Å²) in [5.74, 6) is -0.761. The first-order valence-electron chi connectivity index (χ1n) is 6.45. The van der Waals surface area contributed by atoms with Crippen LogP contribution in [0.15, 0.2) is 24.3 Å². The van der Waals surface area contributed by atoms with Gasteiger partial charge in [0, 0.05) is 33.3 Å². The summed E-state index contributed by atoms with van der Waals surface area (Å²) in [7, 11) is 1.67. The summed E-state index contributed by atoms with van der Waals surface area (Å²) < 4.78 is 5.07. The second-order valence-electron chi connectivity index (χ2n) is 4.78. The number of hydrogen-bond acceptors (Lipinski definition) is 4. The summed E-state index contributed by atoms with van der Waals surface area (Å²) in [5, 5.41) is 12.3. The van der Waals surface area contributed by atoms with Crippen LogP contribution in [-0.4, -0.2) is 48.8 Å². The summed E-state index contributed by atoms with van der Waals surface area (Å²) in [6.45, 7) is 3.39. The summed E-state index contributed by atoms with van der Waals surface area (Å²) >= 11 is 0. The second-order valence-corrected chi connectivity index (χ2v) is 4.78. The highest BCUT2D eigenvalue weighted by Crippen LogP contribution is 2.12. The maximum Gasteiger partial charge on any atom is 0.322 e. The number of nitrogens with one attached hydrogen (secondary N) is 1. The molecule has 1 atom stereocenters. The summed E-state index contributed by atoms with van der Waals surface area (Å²) in [4.78, 5) is 13.2. The van der Waals surface area contributed by atoms with Gasteiger partial charge in [0.2, 0.25) is 0 Å². The summed E-state index contributed by atoms with van der Waals surface area (Å²) in [6, 6.07) is 7.69. The minimum atomic E-state index is -0.761. The monoisotopic (exact) mass is 264 g/mol. The predicted octanol–water partition coefficient (Wildman–Crippen LogP) is 0.691. The van der Waals surface area contributed by atoms with Crippen molar-refractivity contribution in [2.24, 2.45) is 0 Å². The maximum atomic E-state index is 11.2. The first-order valence-corrected chi connectivity index (χ1v) is 6.45. The topological polar surface area (TPSA) is 61.8 Å². The number of carboxylic acids is 1. The molecule has 0 radical (unpaired) electrons. The molecule has 5 nitrogen and oxygen atoms in total. The summed E-state index contributed by atoms with van der Waals surface area (Å²) in [5.41, 5.74) is 2.26. The molecule has 1 aromatic carbocycles. The zero-order valence-electron chi connectivity index (χ0n) is 11.1. The largest absolute Gasteiger partial charge is 0.480 e. The van der Waals surface area contributed by atoms with E-state index in [0.29, 0.717) is 19.7 Å². The molecule has 5 heteroatoms. The molecule has 1 aromatic rings. The van der Waals surface area contributed by atoms with Crippen LogP contribution in [-0.2, 0) is 22.7 Å². The first kappa shape index (κ1) is 14.0. The van der Waals surface area contributed by atoms with Crippen LogP contribution in [0.1, 0.15) is 11.1 Å². The van der Waals surface area contributed by atoms with E-state index in [1.807, 2.05) is 29.2 Å². The van der Waals surface area contributed by atoms with Gasteiger partial charge in [-0.1, -0.05) is 24.3 Å². The Bertz CT molecular complexity index is 419. The third-order valence-corrected chi connectivity index (χ3v) is 3.36. The molecular formula is C14H20N2O3. The van der Waals surface area contributed by atoms with E-state index in [9.17, 15) is 9.90 Å². The van der Waals surface area contributed by atoms with E-state index in [1.54, 1.807) is 7.11 Å². The maximum absolute atomic E-state index is 11.2. The highest BCUT2D eigenvalue weighted by Gasteiger charge is 2.27. The Morgan fingerprint density at radius 3 is 2.74 bits per heavy atom. The molecule has 0 spiro atoms. The van der Waals surface area contributed by atoms with Gasteiger partial charge in [-0.3, -0.25) is 9.69 Å². The molecule has 1 aliphatic heterocycles. The second kappa shape index (κ2) is 6.65. The van der Waals surface area contributed by atoms with Crippen LogP contribution in [0.2, 0.25) is 0 Å². The van der Waals surface area contributed by atoms with Crippen molar-refractivity contribution in [2.75, 3.05) is 26.7 Å². The van der Waals surface area contributed by atoms with E-state index in [1.165, 1.54) is 0 Å². The molecule has 0 aromatic heterocycles. The van der Waals surface area contributed by atoms with E-state index in [0.717, 1.165) is 24.2 Å². The van der Waals surface area contributed by atoms with Gasteiger partial charge in [-0.2, -0.15) is 0 Å². The number of rotatable bonds is 5. The predicted molar refractivity (Wildman–Crippen MR) is 71.9 cm³/mol. The molecule has 1 heterocycles. The Labute approximate surface area is 113 Å². The lowest BCUT2D eigenvalue weighted by molar-refractivity contribution is -0.144. The molecule has 2 rings (SSSR count). The third kappa shape index (κ3) is 3.76. The number of ether oxygens (including phenoxy) is 1. The van der Waals surface area contributed by atoms with Crippen LogP contribution in [0.3, 0.4) is 0 Å². The Morgan fingerprint density at radius 2 is 2.11 bits per heavy atom. The Balaban J connectivity index is 2.00. The molecule has 1 aliphatic rings. The third-order valence-electron chi connectivity index (χ3n) is 3.36. The van der Waals surface area contributed by atoms with Gasteiger partial charge in [-0.05, 0) is 11.1 Å². The number of carboxylic acid groups (broad SMARTS) is 1. The van der Waals surface area contributed by atoms with Crippen LogP contribution in [0.5, 0.6) is 0 Å². The SMILES string of the molecule is COCc1ccc(CN2CCNCC2C(=O)O)cc1. The fraction of sp³-hybridized carbons (Fsp3) is 0.500. The van der Waals surface area contributed by atoms with Crippen LogP contribution in [0, 0.1) is 0 Å². The Morgan fingerprint density at radius 1 is 1.42 bits per heavy atom. The van der Waals surface area contributed by atoms with Crippen molar-refractivity contribution >= 4 is 5.97 Å². The van der Waals surface area contributed by atoms with Crippen molar-refractivity contribution in [1.82, 2.24) is 10.2 Å². The van der Waals surface area contributed by atoms with E-state index in [-0.39, 0.29) is 0 Å². The van der Waals surface area contributed by atoms with Gasteiger partial charge in [0.25, 0.3) is 0 Å². The van der Waals surface area contributed by atoms with Gasteiger partial charge in [0.1, 0.15) is 6.04 Å². The highest BCUT2D eigenvalue weighted by atomic mass is 16.5. The average molecular weight is 264 g/mol. The van der Waals surface area contributed by atoms with Gasteiger partial charge in [0.05, 0.1) is 6.61 Å². The van der Waals surface area contributed by atoms with Crippen molar-refractivity contribution in [3.05, 3.63) is 35.4 Å². The smallest absolute Gasteiger partial charge is 0.322 e. The standard InChI is InChI=1S/C14H20N2O3/c1-19-10-12-4-2-11(3-5-12)9-16-7-6-15-8-13(16)14(17)18/h2-5,13,15H,6-10H2,1H3,(H,17,18). The fourth-order valence-corrected chi connectivity index (χ4v) is 2.32. The number of benzene rings is 1. The lowest BCUT2D eigenvalue weighted by Crippen LogP contribution is -2.54. The van der Waals surface area contributed by atoms with Gasteiger partial charge >= 0.3 is 5.97 Å². The minimum Gasteiger partial charge on any atom is -0.480 e. The Kier molecular flexibility index (Phi) is 4.90. The van der Waals surface area contributed by atoms with Gasteiger partial charge in [-0.15, -0.1) is 0 Å². The van der Waals surface area contributed by atoms with E-state index in [2.05, 4.69) is 5.32 Å². The zero-order valence-corrected chi connectivity index (χ0v) is 11.1. The molecule has 0 amide bonds. The van der Waals surface area contributed by atoms with Gasteiger partial charge in [-0.25, -0.2) is 0 Å². The number of hydrogen-bond donors (Lipinski definition) is 2. The molecule has 1 fully saturated rings. The minimum absolute atomic E-state index is 0.438. The number of aliphatic carboxylic acids is 1. The van der Waals surface area contributed by atoms with E-state index in [4.69, 9.17) is 4.74 Å². The van der Waals surface area contributed by atoms with Gasteiger partial charge in [0.15, 0.2) is 0 Å². The molecule has 1 saturated heterocycles. The molecule has 2 N–H and O–H groups in total. The van der Waals surface area contributed by atoms with Crippen molar-refractivity contribution in [3.8, 4) is 0 Å². The van der Waals surface area contributed by atoms with E-state index >= 15 is 0 Å². The number of nitrogens with zero attached hydrogens (tertiary/aromatic N) is 1. The van der Waals surface area contributed by atoms with Crippen molar-refractivity contribution < 1.29 is 14.6 Å². The normalized spacial score (nSPS) is 20.4. The van der Waals surface area contributed by atoms with Crippen LogP contribution in [0.4, 0.5) is 0 Å². The molecule has 19 heavy (non-hydrogen) atoms. The van der Waals surface area contributed by atoms with Crippen LogP contribution >= 0.6 is 0 Å². The molecule has 0 saturated carbocycles. The lowest BCUT2D eigenvalue weighted by Gasteiger charge is -2.33. The molecule has 104 valence electrons. The molecule has 0 bridgehead atoms. The number of piperazine rings is 1. The Hall–Kier alpha value is -1.43. The first-order chi connectivity index (χ1) is 9.20. The van der Waals surface area contributed by atoms with Crippen molar-refractivity contribution in [1.29, 1.82) is 0 Å². The molecular weight excluding hydrogens is 244 g/mol. The van der Waals surface area contributed by atoms with Gasteiger partial charge < -0.3 is 15.2 Å². The fourth-order valence-electron chi connectivity index (χ4n) is 2.32. The zero-order chi connectivity index (χ0) is 13.7. The van der Waals surface area contributed by atoms with Crippen LogP contribution < -0.4 is 5.32 Å². The molecule has 0 aliphatic carbocycles. The number of methoxy groups -OCH3 is 1. The van der Waals surface area contributed by atoms with Crippen molar-refractivity contribution in [2.45, 2.75) is 19.2 Å². The lowest BCUT2D eigenvalue weighted by atomic mass is 10.1.